The van der Waals surface area contributed by atoms with E-state index in [1.807, 2.05) is 6.92 Å². The van der Waals surface area contributed by atoms with Gasteiger partial charge in [0.1, 0.15) is 11.3 Å². The number of aromatic nitrogens is 3. The first-order valence-corrected chi connectivity index (χ1v) is 9.93. The highest BCUT2D eigenvalue weighted by Crippen LogP contribution is 2.28. The SMILES string of the molecule is COc1ccc(NC(=O)ON2CCN(c3nc(N)nc4scnc34)CC2C)cc1. The fourth-order valence-electron chi connectivity index (χ4n) is 3.17. The van der Waals surface area contributed by atoms with Crippen LogP contribution in [0.4, 0.5) is 22.2 Å². The van der Waals surface area contributed by atoms with Crippen LogP contribution in [0.1, 0.15) is 6.92 Å². The van der Waals surface area contributed by atoms with E-state index in [9.17, 15) is 4.79 Å². The molecule has 1 atom stereocenters. The molecule has 0 aliphatic carbocycles. The Labute approximate surface area is 171 Å². The Hall–Kier alpha value is -3.18. The van der Waals surface area contributed by atoms with Crippen LogP contribution in [-0.4, -0.2) is 58.9 Å². The Kier molecular flexibility index (Phi) is 5.32. The van der Waals surface area contributed by atoms with Crippen LogP contribution in [-0.2, 0) is 4.84 Å². The third kappa shape index (κ3) is 4.15. The number of hydroxylamine groups is 2. The molecule has 10 nitrogen and oxygen atoms in total. The van der Waals surface area contributed by atoms with Gasteiger partial charge < -0.3 is 20.2 Å². The third-order valence-corrected chi connectivity index (χ3v) is 5.32. The molecule has 1 aliphatic rings. The van der Waals surface area contributed by atoms with Gasteiger partial charge in [-0.25, -0.2) is 14.8 Å². The summed E-state index contributed by atoms with van der Waals surface area (Å²) in [5, 5.41) is 4.38. The fourth-order valence-corrected chi connectivity index (χ4v) is 3.83. The smallest absolute Gasteiger partial charge is 0.430 e. The molecule has 3 aromatic rings. The molecule has 2 aromatic heterocycles. The van der Waals surface area contributed by atoms with Gasteiger partial charge in [0.25, 0.3) is 0 Å². The molecule has 1 aromatic carbocycles. The van der Waals surface area contributed by atoms with Crippen molar-refractivity contribution in [1.29, 1.82) is 0 Å². The molecular formula is C18H21N7O3S. The van der Waals surface area contributed by atoms with Gasteiger partial charge in [0.15, 0.2) is 10.6 Å². The molecule has 0 saturated carbocycles. The first kappa shape index (κ1) is 19.2. The Morgan fingerprint density at radius 3 is 2.79 bits per heavy atom. The quantitative estimate of drug-likeness (QED) is 0.662. The number of methoxy groups -OCH3 is 1. The van der Waals surface area contributed by atoms with Crippen LogP contribution < -0.4 is 20.7 Å². The number of hydrogen-bond acceptors (Lipinski definition) is 10. The Morgan fingerprint density at radius 1 is 1.28 bits per heavy atom. The summed E-state index contributed by atoms with van der Waals surface area (Å²) in [6.07, 6.45) is -0.538. The summed E-state index contributed by atoms with van der Waals surface area (Å²) < 4.78 is 5.11. The lowest BCUT2D eigenvalue weighted by Gasteiger charge is -2.38. The minimum atomic E-state index is -0.538. The van der Waals surface area contributed by atoms with Gasteiger partial charge in [-0.15, -0.1) is 16.4 Å². The lowest BCUT2D eigenvalue weighted by atomic mass is 10.2. The lowest BCUT2D eigenvalue weighted by Crippen LogP contribution is -2.53. The van der Waals surface area contributed by atoms with Crippen molar-refractivity contribution in [3.05, 3.63) is 29.8 Å². The average molecular weight is 415 g/mol. The molecule has 0 bridgehead atoms. The van der Waals surface area contributed by atoms with Gasteiger partial charge in [0, 0.05) is 18.8 Å². The molecule has 1 saturated heterocycles. The van der Waals surface area contributed by atoms with E-state index in [1.165, 1.54) is 11.3 Å². The number of amides is 1. The van der Waals surface area contributed by atoms with Crippen molar-refractivity contribution in [1.82, 2.24) is 20.0 Å². The van der Waals surface area contributed by atoms with Crippen molar-refractivity contribution < 1.29 is 14.4 Å². The van der Waals surface area contributed by atoms with E-state index in [4.69, 9.17) is 15.3 Å². The van der Waals surface area contributed by atoms with Gasteiger partial charge >= 0.3 is 6.09 Å². The highest BCUT2D eigenvalue weighted by Gasteiger charge is 2.29. The molecule has 29 heavy (non-hydrogen) atoms. The largest absolute Gasteiger partial charge is 0.497 e. The first-order valence-electron chi connectivity index (χ1n) is 9.05. The highest BCUT2D eigenvalue weighted by atomic mass is 32.1. The normalized spacial score (nSPS) is 17.3. The Balaban J connectivity index is 1.38. The van der Waals surface area contributed by atoms with E-state index in [-0.39, 0.29) is 12.0 Å². The predicted molar refractivity (Wildman–Crippen MR) is 111 cm³/mol. The van der Waals surface area contributed by atoms with Crippen LogP contribution >= 0.6 is 11.3 Å². The molecule has 3 heterocycles. The maximum absolute atomic E-state index is 12.3. The maximum atomic E-state index is 12.3. The van der Waals surface area contributed by atoms with Crippen molar-refractivity contribution in [3.63, 3.8) is 0 Å². The molecule has 1 fully saturated rings. The van der Waals surface area contributed by atoms with E-state index < -0.39 is 6.09 Å². The second-order valence-electron chi connectivity index (χ2n) is 6.58. The van der Waals surface area contributed by atoms with Crippen molar-refractivity contribution >= 4 is 45.2 Å². The summed E-state index contributed by atoms with van der Waals surface area (Å²) in [5.74, 6) is 1.65. The van der Waals surface area contributed by atoms with E-state index in [2.05, 4.69) is 25.2 Å². The third-order valence-electron chi connectivity index (χ3n) is 4.60. The molecule has 1 amide bonds. The minimum absolute atomic E-state index is 0.0461. The zero-order valence-electron chi connectivity index (χ0n) is 16.0. The topological polar surface area (TPSA) is 119 Å². The van der Waals surface area contributed by atoms with Crippen molar-refractivity contribution in [2.45, 2.75) is 13.0 Å². The monoisotopic (exact) mass is 415 g/mol. The van der Waals surface area contributed by atoms with Gasteiger partial charge in [-0.1, -0.05) is 0 Å². The summed E-state index contributed by atoms with van der Waals surface area (Å²) >= 11 is 1.43. The zero-order chi connectivity index (χ0) is 20.4. The summed E-state index contributed by atoms with van der Waals surface area (Å²) in [6.45, 7) is 3.73. The average Bonchev–Trinajstić information content (AvgIpc) is 3.18. The number of ether oxygens (including phenoxy) is 1. The number of nitrogens with zero attached hydrogens (tertiary/aromatic N) is 5. The second-order valence-corrected chi connectivity index (χ2v) is 7.41. The number of rotatable bonds is 4. The Morgan fingerprint density at radius 2 is 2.07 bits per heavy atom. The molecule has 11 heteroatoms. The molecular weight excluding hydrogens is 394 g/mol. The number of anilines is 3. The summed E-state index contributed by atoms with van der Waals surface area (Å²) in [4.78, 5) is 33.6. The van der Waals surface area contributed by atoms with Crippen LogP contribution in [0.25, 0.3) is 10.3 Å². The van der Waals surface area contributed by atoms with E-state index in [1.54, 1.807) is 41.9 Å². The van der Waals surface area contributed by atoms with Crippen LogP contribution in [0.15, 0.2) is 29.8 Å². The van der Waals surface area contributed by atoms with E-state index >= 15 is 0 Å². The molecule has 0 spiro atoms. The molecule has 1 unspecified atom stereocenters. The Bertz CT molecular complexity index is 1010. The van der Waals surface area contributed by atoms with Gasteiger partial charge in [-0.3, -0.25) is 5.32 Å². The standard InChI is InChI=1S/C18H21N7O3S/c1-11-9-24(15-14-16(29-10-20-14)23-17(19)22-15)7-8-25(11)28-18(26)21-12-3-5-13(27-2)6-4-12/h3-6,10-11H,7-9H2,1-2H3,(H,21,26)(H2,19,22,23). The second kappa shape index (κ2) is 8.05. The first-order chi connectivity index (χ1) is 14.0. The van der Waals surface area contributed by atoms with Gasteiger partial charge in [0.2, 0.25) is 5.95 Å². The predicted octanol–water partition coefficient (Wildman–Crippen LogP) is 2.35. The number of nitrogens with two attached hydrogens (primary N) is 1. The molecule has 3 N–H and O–H groups in total. The lowest BCUT2D eigenvalue weighted by molar-refractivity contribution is -0.126. The van der Waals surface area contributed by atoms with Gasteiger partial charge in [0.05, 0.1) is 25.2 Å². The number of thiazole rings is 1. The number of carbonyl (C=O) groups excluding carboxylic acids is 1. The van der Waals surface area contributed by atoms with E-state index in [0.29, 0.717) is 36.9 Å². The number of carbonyl (C=O) groups is 1. The van der Waals surface area contributed by atoms with Crippen LogP contribution in [0.3, 0.4) is 0 Å². The molecule has 0 radical (unpaired) electrons. The zero-order valence-corrected chi connectivity index (χ0v) is 16.8. The van der Waals surface area contributed by atoms with Crippen molar-refractivity contribution in [3.8, 4) is 5.75 Å². The number of nitrogen functional groups attached to an aromatic ring is 1. The number of nitrogens with one attached hydrogen (secondary N) is 1. The maximum Gasteiger partial charge on any atom is 0.430 e. The number of benzene rings is 1. The number of hydrogen-bond donors (Lipinski definition) is 2. The van der Waals surface area contributed by atoms with Crippen molar-refractivity contribution in [2.24, 2.45) is 0 Å². The van der Waals surface area contributed by atoms with Gasteiger partial charge in [-0.2, -0.15) is 4.98 Å². The van der Waals surface area contributed by atoms with Crippen LogP contribution in [0.5, 0.6) is 5.75 Å². The van der Waals surface area contributed by atoms with Gasteiger partial charge in [-0.05, 0) is 31.2 Å². The molecule has 4 rings (SSSR count). The molecule has 1 aliphatic heterocycles. The van der Waals surface area contributed by atoms with Crippen LogP contribution in [0.2, 0.25) is 0 Å². The minimum Gasteiger partial charge on any atom is -0.497 e. The van der Waals surface area contributed by atoms with Crippen molar-refractivity contribution in [2.75, 3.05) is 42.7 Å². The fraction of sp³-hybridized carbons (Fsp3) is 0.333. The van der Waals surface area contributed by atoms with E-state index in [0.717, 1.165) is 10.3 Å². The summed E-state index contributed by atoms with van der Waals surface area (Å²) in [7, 11) is 1.59. The summed E-state index contributed by atoms with van der Waals surface area (Å²) in [5.41, 5.74) is 8.94. The number of piperazine rings is 1. The highest BCUT2D eigenvalue weighted by molar-refractivity contribution is 7.16. The van der Waals surface area contributed by atoms with Crippen LogP contribution in [0, 0.1) is 0 Å². The number of fused-ring (bicyclic) bond motifs is 1. The molecule has 152 valence electrons. The summed E-state index contributed by atoms with van der Waals surface area (Å²) in [6, 6.07) is 6.99.